The third-order valence-electron chi connectivity index (χ3n) is 6.10. The van der Waals surface area contributed by atoms with Crippen molar-refractivity contribution in [3.8, 4) is 0 Å². The van der Waals surface area contributed by atoms with Crippen LogP contribution in [0.15, 0.2) is 0 Å². The minimum absolute atomic E-state index is 0.109. The van der Waals surface area contributed by atoms with Crippen molar-refractivity contribution in [1.29, 1.82) is 0 Å². The Labute approximate surface area is 193 Å². The molecule has 2 aliphatic rings. The van der Waals surface area contributed by atoms with Crippen LogP contribution in [0.4, 0.5) is 0 Å². The molecule has 2 amide bonds. The summed E-state index contributed by atoms with van der Waals surface area (Å²) in [6, 6.07) is -1.30. The zero-order chi connectivity index (χ0) is 24.5. The largest absolute Gasteiger partial charge is 0.394 e. The van der Waals surface area contributed by atoms with Crippen LogP contribution in [-0.2, 0) is 28.5 Å². The zero-order valence-corrected chi connectivity index (χ0v) is 19.4. The second-order valence-corrected chi connectivity index (χ2v) is 8.58. The van der Waals surface area contributed by atoms with E-state index in [1.54, 1.807) is 7.11 Å². The highest BCUT2D eigenvalue weighted by atomic mass is 16.7. The van der Waals surface area contributed by atoms with Gasteiger partial charge in [-0.1, -0.05) is 0 Å². The lowest BCUT2D eigenvalue weighted by Gasteiger charge is -2.42. The molecule has 0 aromatic heterocycles. The fourth-order valence-corrected chi connectivity index (χ4v) is 4.41. The Hall–Kier alpha value is -1.38. The number of carbonyl (C=O) groups excluding carboxylic acids is 2. The van der Waals surface area contributed by atoms with E-state index in [1.807, 2.05) is 0 Å². The number of aliphatic hydroxyl groups excluding tert-OH is 4. The summed E-state index contributed by atoms with van der Waals surface area (Å²) in [6.45, 7) is 1.31. The fourth-order valence-electron chi connectivity index (χ4n) is 4.41. The van der Waals surface area contributed by atoms with Crippen molar-refractivity contribution < 1.29 is 49.0 Å². The molecule has 0 radical (unpaired) electrons. The number of carbonyl (C=O) groups is 2. The quantitative estimate of drug-likeness (QED) is 0.166. The van der Waals surface area contributed by atoms with Crippen molar-refractivity contribution in [3.05, 3.63) is 0 Å². The molecule has 1 aliphatic heterocycles. The highest BCUT2D eigenvalue weighted by Crippen LogP contribution is 2.29. The minimum atomic E-state index is -1.37. The summed E-state index contributed by atoms with van der Waals surface area (Å²) in [4.78, 5) is 23.8. The van der Waals surface area contributed by atoms with Gasteiger partial charge in [0.15, 0.2) is 6.29 Å². The number of nitrogens with one attached hydrogen (secondary N) is 2. The molecule has 0 spiro atoms. The maximum Gasteiger partial charge on any atom is 0.220 e. The summed E-state index contributed by atoms with van der Waals surface area (Å²) in [5, 5.41) is 45.3. The summed E-state index contributed by atoms with van der Waals surface area (Å²) >= 11 is 0. The third kappa shape index (κ3) is 7.55. The number of ether oxygens (including phenoxy) is 4. The van der Waals surface area contributed by atoms with Gasteiger partial charge in [-0.25, -0.2) is 0 Å². The SMILES string of the molecule is COC[C@H]1C[C@@H](NC(=O)CCCCO[C@@H]2O[C@H](CO)[C@H](O)[C@H](O)[C@H]2NC(C)=O)[C@@H](OC)C1O. The smallest absolute Gasteiger partial charge is 0.220 e. The van der Waals surface area contributed by atoms with Crippen molar-refractivity contribution in [2.45, 2.75) is 81.5 Å². The number of methoxy groups -OCH3 is 2. The molecule has 0 bridgehead atoms. The van der Waals surface area contributed by atoms with Crippen molar-refractivity contribution in [2.24, 2.45) is 5.92 Å². The lowest BCUT2D eigenvalue weighted by molar-refractivity contribution is -0.270. The second-order valence-electron chi connectivity index (χ2n) is 8.58. The predicted octanol–water partition coefficient (Wildman–Crippen LogP) is -2.36. The molecule has 1 saturated carbocycles. The van der Waals surface area contributed by atoms with Crippen LogP contribution in [0.25, 0.3) is 0 Å². The van der Waals surface area contributed by atoms with E-state index < -0.39 is 55.4 Å². The molecule has 192 valence electrons. The standard InChI is InChI=1S/C21H38N2O10/c1-11(25)22-16-19(29)18(28)14(9-24)33-21(16)32-7-5-4-6-15(26)23-13-8-12(10-30-2)17(27)20(13)31-3/h12-14,16-21,24,27-29H,4-10H2,1-3H3,(H,22,25)(H,23,26)/t12-,13-,14-,16-,17?,18+,19-,20-,21-/m1/s1. The van der Waals surface area contributed by atoms with Crippen LogP contribution in [0, 0.1) is 5.92 Å². The topological polar surface area (TPSA) is 176 Å². The van der Waals surface area contributed by atoms with Crippen LogP contribution < -0.4 is 10.6 Å². The molecule has 6 N–H and O–H groups in total. The van der Waals surface area contributed by atoms with Gasteiger partial charge in [0.05, 0.1) is 25.4 Å². The maximum absolute atomic E-state index is 12.3. The van der Waals surface area contributed by atoms with E-state index in [0.29, 0.717) is 25.9 Å². The number of hydrogen-bond acceptors (Lipinski definition) is 10. The van der Waals surface area contributed by atoms with Crippen LogP contribution in [0.5, 0.6) is 0 Å². The molecule has 0 aromatic rings. The maximum atomic E-state index is 12.3. The number of amides is 2. The van der Waals surface area contributed by atoms with Gasteiger partial charge in [-0.3, -0.25) is 9.59 Å². The van der Waals surface area contributed by atoms with E-state index in [-0.39, 0.29) is 30.9 Å². The second kappa shape index (κ2) is 13.5. The van der Waals surface area contributed by atoms with E-state index in [2.05, 4.69) is 10.6 Å². The van der Waals surface area contributed by atoms with E-state index >= 15 is 0 Å². The summed E-state index contributed by atoms with van der Waals surface area (Å²) in [5.74, 6) is -0.708. The Morgan fingerprint density at radius 1 is 1.06 bits per heavy atom. The molecular weight excluding hydrogens is 440 g/mol. The van der Waals surface area contributed by atoms with Crippen LogP contribution in [0.3, 0.4) is 0 Å². The van der Waals surface area contributed by atoms with Crippen LogP contribution in [0.2, 0.25) is 0 Å². The van der Waals surface area contributed by atoms with Crippen molar-refractivity contribution in [1.82, 2.24) is 10.6 Å². The summed E-state index contributed by atoms with van der Waals surface area (Å²) in [5.41, 5.74) is 0. The average Bonchev–Trinajstić information content (AvgIpc) is 3.06. The minimum Gasteiger partial charge on any atom is -0.394 e. The lowest BCUT2D eigenvalue weighted by Crippen LogP contribution is -2.64. The van der Waals surface area contributed by atoms with E-state index in [9.17, 15) is 30.0 Å². The normalized spacial score (nSPS) is 36.5. The summed E-state index contributed by atoms with van der Waals surface area (Å²) < 4.78 is 21.6. The van der Waals surface area contributed by atoms with Gasteiger partial charge in [0.2, 0.25) is 11.8 Å². The van der Waals surface area contributed by atoms with Crippen molar-refractivity contribution in [3.63, 3.8) is 0 Å². The number of unbranched alkanes of at least 4 members (excludes halogenated alkanes) is 1. The molecule has 2 rings (SSSR count). The van der Waals surface area contributed by atoms with Gasteiger partial charge in [0.1, 0.15) is 30.5 Å². The Morgan fingerprint density at radius 3 is 2.39 bits per heavy atom. The highest BCUT2D eigenvalue weighted by Gasteiger charge is 2.45. The van der Waals surface area contributed by atoms with Gasteiger partial charge in [0.25, 0.3) is 0 Å². The van der Waals surface area contributed by atoms with Gasteiger partial charge in [-0.2, -0.15) is 0 Å². The Kier molecular flexibility index (Phi) is 11.4. The van der Waals surface area contributed by atoms with E-state index in [4.69, 9.17) is 18.9 Å². The van der Waals surface area contributed by atoms with Gasteiger partial charge < -0.3 is 50.0 Å². The summed E-state index contributed by atoms with van der Waals surface area (Å²) in [7, 11) is 3.06. The fraction of sp³-hybridized carbons (Fsp3) is 0.905. The highest BCUT2D eigenvalue weighted by molar-refractivity contribution is 5.76. The first kappa shape index (κ1) is 27.9. The van der Waals surface area contributed by atoms with Crippen molar-refractivity contribution in [2.75, 3.05) is 34.0 Å². The first-order valence-electron chi connectivity index (χ1n) is 11.2. The number of rotatable bonds is 12. The molecule has 12 heteroatoms. The molecule has 1 aliphatic carbocycles. The number of aliphatic hydroxyl groups is 4. The third-order valence-corrected chi connectivity index (χ3v) is 6.10. The Balaban J connectivity index is 1.76. The van der Waals surface area contributed by atoms with Gasteiger partial charge >= 0.3 is 0 Å². The first-order valence-corrected chi connectivity index (χ1v) is 11.2. The van der Waals surface area contributed by atoms with Crippen LogP contribution >= 0.6 is 0 Å². The monoisotopic (exact) mass is 478 g/mol. The molecule has 33 heavy (non-hydrogen) atoms. The van der Waals surface area contributed by atoms with Gasteiger partial charge in [-0.15, -0.1) is 0 Å². The van der Waals surface area contributed by atoms with E-state index in [1.165, 1.54) is 14.0 Å². The average molecular weight is 479 g/mol. The molecule has 2 fully saturated rings. The van der Waals surface area contributed by atoms with Gasteiger partial charge in [-0.05, 0) is 19.3 Å². The van der Waals surface area contributed by atoms with E-state index in [0.717, 1.165) is 0 Å². The van der Waals surface area contributed by atoms with Crippen molar-refractivity contribution >= 4 is 11.8 Å². The summed E-state index contributed by atoms with van der Waals surface area (Å²) in [6.07, 6.45) is -4.24. The predicted molar refractivity (Wildman–Crippen MR) is 114 cm³/mol. The zero-order valence-electron chi connectivity index (χ0n) is 19.4. The molecule has 0 aromatic carbocycles. The van der Waals surface area contributed by atoms with Gasteiger partial charge in [0, 0.05) is 40.1 Å². The molecule has 1 unspecified atom stereocenters. The molecule has 12 nitrogen and oxygen atoms in total. The lowest BCUT2D eigenvalue weighted by atomic mass is 9.97. The van der Waals surface area contributed by atoms with Crippen LogP contribution in [-0.4, -0.2) is 115 Å². The molecule has 9 atom stereocenters. The Bertz CT molecular complexity index is 624. The van der Waals surface area contributed by atoms with Crippen LogP contribution in [0.1, 0.15) is 32.6 Å². The number of hydrogen-bond donors (Lipinski definition) is 6. The first-order chi connectivity index (χ1) is 15.7. The molecule has 1 heterocycles. The molecule has 1 saturated heterocycles. The molecular formula is C21H38N2O10. The Morgan fingerprint density at radius 2 is 1.79 bits per heavy atom.